The van der Waals surface area contributed by atoms with Crippen LogP contribution in [0.1, 0.15) is 16.1 Å². The van der Waals surface area contributed by atoms with Crippen molar-refractivity contribution < 1.29 is 14.3 Å². The predicted octanol–water partition coefficient (Wildman–Crippen LogP) is 2.44. The van der Waals surface area contributed by atoms with Gasteiger partial charge in [-0.25, -0.2) is 4.79 Å². The first-order valence-corrected chi connectivity index (χ1v) is 3.91. The molecule has 0 aliphatic rings. The second-order valence-electron chi connectivity index (χ2n) is 2.86. The molecule has 0 amide bonds. The highest BCUT2D eigenvalue weighted by atomic mass is 16.5. The molecule has 0 unspecified atom stereocenters. The van der Waals surface area contributed by atoms with Crippen LogP contribution in [-0.2, 0) is 0 Å². The molecule has 3 nitrogen and oxygen atoms in total. The lowest BCUT2D eigenvalue weighted by Crippen LogP contribution is -1.94. The Kier molecular flexibility index (Phi) is 1.59. The molecule has 0 saturated carbocycles. The van der Waals surface area contributed by atoms with E-state index >= 15 is 0 Å². The number of benzene rings is 1. The first-order chi connectivity index (χ1) is 6.20. The number of para-hydroxylation sites is 1. The van der Waals surface area contributed by atoms with Crippen LogP contribution in [0.4, 0.5) is 0 Å². The quantitative estimate of drug-likeness (QED) is 0.680. The Labute approximate surface area is 74.6 Å². The highest BCUT2D eigenvalue weighted by molar-refractivity contribution is 5.94. The Hall–Kier alpha value is -1.77. The van der Waals surface area contributed by atoms with E-state index in [4.69, 9.17) is 9.52 Å². The Bertz CT molecular complexity index is 468. The van der Waals surface area contributed by atoms with Crippen molar-refractivity contribution in [3.63, 3.8) is 0 Å². The van der Waals surface area contributed by atoms with Gasteiger partial charge < -0.3 is 9.52 Å². The maximum atomic E-state index is 10.7. The third kappa shape index (κ3) is 1.09. The fourth-order valence-corrected chi connectivity index (χ4v) is 1.38. The lowest BCUT2D eigenvalue weighted by Gasteiger charge is -1.87. The summed E-state index contributed by atoms with van der Waals surface area (Å²) in [6.07, 6.45) is 0. The van der Waals surface area contributed by atoms with Gasteiger partial charge in [0.1, 0.15) is 5.58 Å². The molecule has 0 atom stereocenters. The third-order valence-corrected chi connectivity index (χ3v) is 2.04. The summed E-state index contributed by atoms with van der Waals surface area (Å²) in [7, 11) is 0. The van der Waals surface area contributed by atoms with E-state index < -0.39 is 5.97 Å². The number of carbonyl (C=O) groups is 1. The van der Waals surface area contributed by atoms with E-state index in [9.17, 15) is 4.79 Å². The number of furan rings is 1. The van der Waals surface area contributed by atoms with Crippen molar-refractivity contribution in [1.82, 2.24) is 0 Å². The number of hydrogen-bond acceptors (Lipinski definition) is 2. The highest BCUT2D eigenvalue weighted by Crippen LogP contribution is 2.24. The van der Waals surface area contributed by atoms with Crippen LogP contribution in [0.15, 0.2) is 28.7 Å². The average Bonchev–Trinajstić information content (AvgIpc) is 2.45. The normalized spacial score (nSPS) is 10.5. The van der Waals surface area contributed by atoms with E-state index in [-0.39, 0.29) is 5.76 Å². The van der Waals surface area contributed by atoms with Crippen LogP contribution < -0.4 is 0 Å². The van der Waals surface area contributed by atoms with Gasteiger partial charge in [0.15, 0.2) is 0 Å². The second-order valence-corrected chi connectivity index (χ2v) is 2.86. The Balaban J connectivity index is 2.81. The van der Waals surface area contributed by atoms with Crippen LogP contribution in [0.5, 0.6) is 0 Å². The Morgan fingerprint density at radius 1 is 1.38 bits per heavy atom. The largest absolute Gasteiger partial charge is 0.475 e. The minimum atomic E-state index is -1.02. The lowest BCUT2D eigenvalue weighted by atomic mass is 10.2. The van der Waals surface area contributed by atoms with Gasteiger partial charge in [-0.05, 0) is 13.0 Å². The van der Waals surface area contributed by atoms with Crippen molar-refractivity contribution in [2.45, 2.75) is 6.92 Å². The molecular weight excluding hydrogens is 169 g/mol. The summed E-state index contributed by atoms with van der Waals surface area (Å²) >= 11 is 0. The number of hydrogen-bond donors (Lipinski definition) is 1. The van der Waals surface area contributed by atoms with Gasteiger partial charge in [-0.1, -0.05) is 18.2 Å². The molecule has 2 aromatic rings. The molecule has 1 heterocycles. The molecule has 3 heteroatoms. The number of rotatable bonds is 1. The van der Waals surface area contributed by atoms with Crippen molar-refractivity contribution in [3.8, 4) is 0 Å². The van der Waals surface area contributed by atoms with Crippen LogP contribution in [0.2, 0.25) is 0 Å². The van der Waals surface area contributed by atoms with Crippen molar-refractivity contribution in [3.05, 3.63) is 35.6 Å². The van der Waals surface area contributed by atoms with Gasteiger partial charge in [0.25, 0.3) is 0 Å². The molecular formula is C10H8O3. The van der Waals surface area contributed by atoms with E-state index in [1.165, 1.54) is 0 Å². The fraction of sp³-hybridized carbons (Fsp3) is 0.100. The summed E-state index contributed by atoms with van der Waals surface area (Å²) in [5, 5.41) is 9.63. The number of aromatic carboxylic acids is 1. The van der Waals surface area contributed by atoms with Crippen LogP contribution in [0.3, 0.4) is 0 Å². The van der Waals surface area contributed by atoms with Crippen LogP contribution in [0, 0.1) is 6.92 Å². The molecule has 1 aromatic carbocycles. The minimum absolute atomic E-state index is 0.0289. The summed E-state index contributed by atoms with van der Waals surface area (Å²) < 4.78 is 5.16. The molecule has 0 saturated heterocycles. The van der Waals surface area contributed by atoms with E-state index in [0.717, 1.165) is 5.39 Å². The van der Waals surface area contributed by atoms with Gasteiger partial charge in [-0.2, -0.15) is 0 Å². The number of carboxylic acid groups (broad SMARTS) is 1. The molecule has 66 valence electrons. The van der Waals surface area contributed by atoms with E-state index in [2.05, 4.69) is 0 Å². The van der Waals surface area contributed by atoms with E-state index in [1.807, 2.05) is 18.2 Å². The Morgan fingerprint density at radius 3 is 2.69 bits per heavy atom. The average molecular weight is 177 g/mol. The zero-order valence-corrected chi connectivity index (χ0v) is 7.07. The first-order valence-electron chi connectivity index (χ1n) is 3.91. The molecule has 0 radical (unpaired) electrons. The van der Waals surface area contributed by atoms with Gasteiger partial charge in [0.05, 0.1) is 0 Å². The third-order valence-electron chi connectivity index (χ3n) is 2.04. The maximum absolute atomic E-state index is 10.7. The first kappa shape index (κ1) is 7.86. The van der Waals surface area contributed by atoms with Gasteiger partial charge in [-0.15, -0.1) is 0 Å². The van der Waals surface area contributed by atoms with Crippen molar-refractivity contribution in [2.24, 2.45) is 0 Å². The van der Waals surface area contributed by atoms with Crippen molar-refractivity contribution >= 4 is 16.9 Å². The monoisotopic (exact) mass is 177 g/mol. The summed E-state index contributed by atoms with van der Waals surface area (Å²) in [5.74, 6) is -0.991. The molecule has 0 aliphatic carbocycles. The van der Waals surface area contributed by atoms with Gasteiger partial charge in [-0.3, -0.25) is 0 Å². The zero-order chi connectivity index (χ0) is 9.42. The summed E-state index contributed by atoms with van der Waals surface area (Å²) in [6, 6.07) is 7.28. The van der Waals surface area contributed by atoms with Crippen LogP contribution in [0.25, 0.3) is 11.0 Å². The number of carboxylic acids is 1. The van der Waals surface area contributed by atoms with Gasteiger partial charge in [0.2, 0.25) is 5.76 Å². The highest BCUT2D eigenvalue weighted by Gasteiger charge is 2.15. The predicted molar refractivity (Wildman–Crippen MR) is 47.9 cm³/mol. The smallest absolute Gasteiger partial charge is 0.372 e. The van der Waals surface area contributed by atoms with E-state index in [1.54, 1.807) is 13.0 Å². The van der Waals surface area contributed by atoms with Gasteiger partial charge in [0, 0.05) is 10.9 Å². The molecule has 13 heavy (non-hydrogen) atoms. The summed E-state index contributed by atoms with van der Waals surface area (Å²) in [4.78, 5) is 10.7. The van der Waals surface area contributed by atoms with Gasteiger partial charge >= 0.3 is 5.97 Å². The summed E-state index contributed by atoms with van der Waals surface area (Å²) in [5.41, 5.74) is 1.31. The summed E-state index contributed by atoms with van der Waals surface area (Å²) in [6.45, 7) is 1.75. The molecule has 1 N–H and O–H groups in total. The molecule has 1 aromatic heterocycles. The maximum Gasteiger partial charge on any atom is 0.372 e. The zero-order valence-electron chi connectivity index (χ0n) is 7.07. The SMILES string of the molecule is Cc1c([13C](=O)O)oc2ccccc12. The van der Waals surface area contributed by atoms with Crippen molar-refractivity contribution in [2.75, 3.05) is 0 Å². The molecule has 0 bridgehead atoms. The number of aryl methyl sites for hydroxylation is 1. The molecule has 0 spiro atoms. The minimum Gasteiger partial charge on any atom is -0.475 e. The lowest BCUT2D eigenvalue weighted by molar-refractivity contribution is 0.0664. The molecule has 0 aliphatic heterocycles. The fourth-order valence-electron chi connectivity index (χ4n) is 1.38. The second kappa shape index (κ2) is 2.62. The molecule has 2 rings (SSSR count). The van der Waals surface area contributed by atoms with Crippen LogP contribution >= 0.6 is 0 Å². The number of fused-ring (bicyclic) bond motifs is 1. The van der Waals surface area contributed by atoms with Crippen molar-refractivity contribution in [1.29, 1.82) is 0 Å². The van der Waals surface area contributed by atoms with E-state index in [0.29, 0.717) is 11.1 Å². The van der Waals surface area contributed by atoms with Crippen LogP contribution in [-0.4, -0.2) is 11.1 Å². The molecule has 0 fully saturated rings. The standard InChI is InChI=1S/C10H8O3/c1-6-7-4-2-3-5-8(7)13-9(6)10(11)12/h2-5H,1H3,(H,11,12)/i10+1. The topological polar surface area (TPSA) is 50.4 Å². The Morgan fingerprint density at radius 2 is 2.08 bits per heavy atom.